The van der Waals surface area contributed by atoms with Crippen molar-refractivity contribution in [1.82, 2.24) is 0 Å². The summed E-state index contributed by atoms with van der Waals surface area (Å²) in [4.78, 5) is 22.9. The minimum absolute atomic E-state index is 0.0596. The van der Waals surface area contributed by atoms with E-state index in [1.165, 1.54) is 13.8 Å². The lowest BCUT2D eigenvalue weighted by Crippen LogP contribution is -2.13. The number of benzene rings is 2. The molecule has 2 aromatic carbocycles. The van der Waals surface area contributed by atoms with Crippen molar-refractivity contribution < 1.29 is 23.8 Å². The van der Waals surface area contributed by atoms with Crippen molar-refractivity contribution in [2.24, 2.45) is 0 Å². The lowest BCUT2D eigenvalue weighted by atomic mass is 10.1. The van der Waals surface area contributed by atoms with Crippen molar-refractivity contribution in [2.45, 2.75) is 46.6 Å². The Labute approximate surface area is 141 Å². The van der Waals surface area contributed by atoms with Crippen LogP contribution in [0.2, 0.25) is 0 Å². The number of esters is 2. The van der Waals surface area contributed by atoms with Gasteiger partial charge in [-0.25, -0.2) is 0 Å². The molecule has 0 N–H and O–H groups in total. The largest absolute Gasteiger partial charge is 0.487 e. The second kappa shape index (κ2) is 7.81. The third-order valence-electron chi connectivity index (χ3n) is 3.45. The lowest BCUT2D eigenvalue weighted by molar-refractivity contribution is -0.133. The summed E-state index contributed by atoms with van der Waals surface area (Å²) < 4.78 is 16.7. The number of carbonyl (C=O) groups is 2. The third kappa shape index (κ3) is 4.25. The Bertz CT molecular complexity index is 751. The Hall–Kier alpha value is -2.56. The normalized spacial score (nSPS) is 11.8. The third-order valence-corrected chi connectivity index (χ3v) is 3.45. The number of ether oxygens (including phenoxy) is 3. The van der Waals surface area contributed by atoms with Crippen LogP contribution in [0.4, 0.5) is 0 Å². The molecule has 0 saturated carbocycles. The van der Waals surface area contributed by atoms with Gasteiger partial charge in [0.1, 0.15) is 5.75 Å². The maximum absolute atomic E-state index is 11.5. The van der Waals surface area contributed by atoms with E-state index in [2.05, 4.69) is 6.92 Å². The lowest BCUT2D eigenvalue weighted by Gasteiger charge is -2.19. The molecule has 24 heavy (non-hydrogen) atoms. The highest BCUT2D eigenvalue weighted by molar-refractivity contribution is 5.98. The van der Waals surface area contributed by atoms with Crippen molar-refractivity contribution >= 4 is 22.7 Å². The molecule has 0 fully saturated rings. The molecule has 0 saturated heterocycles. The molecule has 0 aliphatic rings. The number of fused-ring (bicyclic) bond motifs is 1. The van der Waals surface area contributed by atoms with E-state index >= 15 is 0 Å². The van der Waals surface area contributed by atoms with Gasteiger partial charge in [-0.2, -0.15) is 0 Å². The van der Waals surface area contributed by atoms with Crippen LogP contribution in [-0.2, 0) is 9.59 Å². The standard InChI is InChI=1S/C19H22O5/c1-5-8-12(2)22-18-11-17(23-13(3)20)15-9-6-7-10-16(15)19(18)24-14(4)21/h6-7,9-12H,5,8H2,1-4H3. The Balaban J connectivity index is 2.62. The van der Waals surface area contributed by atoms with Crippen molar-refractivity contribution in [3.63, 3.8) is 0 Å². The maximum Gasteiger partial charge on any atom is 0.308 e. The van der Waals surface area contributed by atoms with Gasteiger partial charge >= 0.3 is 11.9 Å². The number of hydrogen-bond donors (Lipinski definition) is 0. The maximum atomic E-state index is 11.5. The first-order chi connectivity index (χ1) is 11.4. The van der Waals surface area contributed by atoms with Gasteiger partial charge in [0.05, 0.1) is 6.10 Å². The summed E-state index contributed by atoms with van der Waals surface area (Å²) in [6.07, 6.45) is 1.76. The minimum Gasteiger partial charge on any atom is -0.487 e. The van der Waals surface area contributed by atoms with Crippen LogP contribution in [0.1, 0.15) is 40.5 Å². The van der Waals surface area contributed by atoms with E-state index in [0.717, 1.165) is 12.8 Å². The molecule has 0 aromatic heterocycles. The van der Waals surface area contributed by atoms with Crippen LogP contribution in [0.5, 0.6) is 17.2 Å². The van der Waals surface area contributed by atoms with Gasteiger partial charge in [0.25, 0.3) is 0 Å². The van der Waals surface area contributed by atoms with Crippen LogP contribution in [0.3, 0.4) is 0 Å². The fourth-order valence-electron chi connectivity index (χ4n) is 2.55. The Morgan fingerprint density at radius 2 is 1.62 bits per heavy atom. The van der Waals surface area contributed by atoms with Crippen molar-refractivity contribution in [2.75, 3.05) is 0 Å². The van der Waals surface area contributed by atoms with Gasteiger partial charge in [-0.1, -0.05) is 37.6 Å². The number of rotatable bonds is 6. The zero-order chi connectivity index (χ0) is 17.7. The molecule has 0 aliphatic heterocycles. The SMILES string of the molecule is CCCC(C)Oc1cc(OC(C)=O)c2ccccc2c1OC(C)=O. The van der Waals surface area contributed by atoms with Gasteiger partial charge in [-0.05, 0) is 13.3 Å². The smallest absolute Gasteiger partial charge is 0.308 e. The summed E-state index contributed by atoms with van der Waals surface area (Å²) in [7, 11) is 0. The predicted octanol–water partition coefficient (Wildman–Crippen LogP) is 4.26. The van der Waals surface area contributed by atoms with E-state index in [-0.39, 0.29) is 6.10 Å². The van der Waals surface area contributed by atoms with Crippen LogP contribution in [0, 0.1) is 0 Å². The number of hydrogen-bond acceptors (Lipinski definition) is 5. The predicted molar refractivity (Wildman–Crippen MR) is 91.6 cm³/mol. The van der Waals surface area contributed by atoms with Gasteiger partial charge in [-0.15, -0.1) is 0 Å². The summed E-state index contributed by atoms with van der Waals surface area (Å²) in [6, 6.07) is 8.87. The number of carbonyl (C=O) groups excluding carboxylic acids is 2. The second-order valence-corrected chi connectivity index (χ2v) is 5.65. The first kappa shape index (κ1) is 17.8. The molecule has 5 nitrogen and oxygen atoms in total. The Morgan fingerprint density at radius 3 is 2.21 bits per heavy atom. The van der Waals surface area contributed by atoms with Crippen LogP contribution in [-0.4, -0.2) is 18.0 Å². The van der Waals surface area contributed by atoms with E-state index < -0.39 is 11.9 Å². The monoisotopic (exact) mass is 330 g/mol. The van der Waals surface area contributed by atoms with Gasteiger partial charge < -0.3 is 14.2 Å². The molecule has 0 aliphatic carbocycles. The average Bonchev–Trinajstić information content (AvgIpc) is 2.50. The van der Waals surface area contributed by atoms with Gasteiger partial charge in [-0.3, -0.25) is 9.59 Å². The molecular weight excluding hydrogens is 308 g/mol. The topological polar surface area (TPSA) is 61.8 Å². The Kier molecular flexibility index (Phi) is 5.79. The molecule has 0 radical (unpaired) electrons. The van der Waals surface area contributed by atoms with Crippen molar-refractivity contribution in [3.8, 4) is 17.2 Å². The van der Waals surface area contributed by atoms with Crippen LogP contribution >= 0.6 is 0 Å². The van der Waals surface area contributed by atoms with Gasteiger partial charge in [0.15, 0.2) is 11.5 Å². The van der Waals surface area contributed by atoms with E-state index in [1.54, 1.807) is 18.2 Å². The van der Waals surface area contributed by atoms with Gasteiger partial charge in [0.2, 0.25) is 0 Å². The summed E-state index contributed by atoms with van der Waals surface area (Å²) in [6.45, 7) is 6.70. The van der Waals surface area contributed by atoms with Crippen LogP contribution in [0.15, 0.2) is 30.3 Å². The average molecular weight is 330 g/mol. The highest BCUT2D eigenvalue weighted by Gasteiger charge is 2.19. The van der Waals surface area contributed by atoms with E-state index in [9.17, 15) is 9.59 Å². The molecule has 2 aromatic rings. The van der Waals surface area contributed by atoms with Crippen molar-refractivity contribution in [3.05, 3.63) is 30.3 Å². The first-order valence-electron chi connectivity index (χ1n) is 8.01. The molecular formula is C19H22O5. The van der Waals surface area contributed by atoms with E-state index in [1.807, 2.05) is 19.1 Å². The minimum atomic E-state index is -0.437. The van der Waals surface area contributed by atoms with Crippen LogP contribution in [0.25, 0.3) is 10.8 Å². The highest BCUT2D eigenvalue weighted by atomic mass is 16.6. The zero-order valence-corrected chi connectivity index (χ0v) is 14.4. The molecule has 0 spiro atoms. The summed E-state index contributed by atoms with van der Waals surface area (Å²) in [5, 5.41) is 1.34. The summed E-state index contributed by atoms with van der Waals surface area (Å²) in [5.74, 6) is 0.257. The molecule has 0 heterocycles. The summed E-state index contributed by atoms with van der Waals surface area (Å²) >= 11 is 0. The molecule has 1 unspecified atom stereocenters. The van der Waals surface area contributed by atoms with Crippen molar-refractivity contribution in [1.29, 1.82) is 0 Å². The van der Waals surface area contributed by atoms with E-state index in [0.29, 0.717) is 28.0 Å². The fraction of sp³-hybridized carbons (Fsp3) is 0.368. The highest BCUT2D eigenvalue weighted by Crippen LogP contribution is 2.42. The molecule has 5 heteroatoms. The molecule has 128 valence electrons. The Morgan fingerprint density at radius 1 is 1.00 bits per heavy atom. The molecule has 1 atom stereocenters. The molecule has 0 bridgehead atoms. The zero-order valence-electron chi connectivity index (χ0n) is 14.4. The molecule has 2 rings (SSSR count). The first-order valence-corrected chi connectivity index (χ1v) is 8.01. The molecule has 0 amide bonds. The van der Waals surface area contributed by atoms with E-state index in [4.69, 9.17) is 14.2 Å². The second-order valence-electron chi connectivity index (χ2n) is 5.65. The van der Waals surface area contributed by atoms with Crippen LogP contribution < -0.4 is 14.2 Å². The summed E-state index contributed by atoms with van der Waals surface area (Å²) in [5.41, 5.74) is 0. The fourth-order valence-corrected chi connectivity index (χ4v) is 2.55. The quantitative estimate of drug-likeness (QED) is 0.585. The van der Waals surface area contributed by atoms with Gasteiger partial charge in [0, 0.05) is 30.7 Å².